The van der Waals surface area contributed by atoms with Gasteiger partial charge in [-0.3, -0.25) is 4.79 Å². The maximum Gasteiger partial charge on any atom is 0.237 e. The zero-order valence-electron chi connectivity index (χ0n) is 10.4. The molecule has 18 heavy (non-hydrogen) atoms. The number of aryl methyl sites for hydroxylation is 1. The third kappa shape index (κ3) is 4.19. The molecule has 96 valence electrons. The lowest BCUT2D eigenvalue weighted by Crippen LogP contribution is -2.41. The highest BCUT2D eigenvalue weighted by molar-refractivity contribution is 5.81. The minimum Gasteiger partial charge on any atom is -0.354 e. The molecule has 0 aliphatic carbocycles. The lowest BCUT2D eigenvalue weighted by atomic mass is 10.1. The van der Waals surface area contributed by atoms with E-state index in [-0.39, 0.29) is 18.1 Å². The van der Waals surface area contributed by atoms with Gasteiger partial charge in [0.15, 0.2) is 0 Å². The number of amides is 1. The van der Waals surface area contributed by atoms with E-state index in [0.29, 0.717) is 13.0 Å². The Labute approximate surface area is 107 Å². The average molecular weight is 248 g/mol. The van der Waals surface area contributed by atoms with Crippen molar-refractivity contribution in [2.75, 3.05) is 6.54 Å². The van der Waals surface area contributed by atoms with Crippen molar-refractivity contribution in [2.24, 2.45) is 5.73 Å². The standard InChI is InChI=1S/C14H17FN2O/c1-3-4-13(16)14(18)17-8-7-11-5-6-12(15)9-10(11)2/h1,5-6,9,13H,4,7-8,16H2,2H3,(H,17,18). The zero-order valence-corrected chi connectivity index (χ0v) is 10.4. The van der Waals surface area contributed by atoms with Gasteiger partial charge >= 0.3 is 0 Å². The van der Waals surface area contributed by atoms with Crippen LogP contribution in [-0.4, -0.2) is 18.5 Å². The molecule has 0 fully saturated rings. The Morgan fingerprint density at radius 2 is 2.33 bits per heavy atom. The fourth-order valence-corrected chi connectivity index (χ4v) is 1.61. The molecule has 0 saturated heterocycles. The number of halogens is 1. The maximum absolute atomic E-state index is 12.9. The van der Waals surface area contributed by atoms with Gasteiger partial charge in [-0.1, -0.05) is 6.07 Å². The first-order valence-electron chi connectivity index (χ1n) is 5.76. The van der Waals surface area contributed by atoms with Crippen LogP contribution in [0.2, 0.25) is 0 Å². The van der Waals surface area contributed by atoms with E-state index < -0.39 is 6.04 Å². The number of carbonyl (C=O) groups excluding carboxylic acids is 1. The van der Waals surface area contributed by atoms with Gasteiger partial charge < -0.3 is 11.1 Å². The number of nitrogens with one attached hydrogen (secondary N) is 1. The molecule has 3 N–H and O–H groups in total. The highest BCUT2D eigenvalue weighted by Gasteiger charge is 2.11. The Morgan fingerprint density at radius 3 is 2.94 bits per heavy atom. The molecule has 1 rings (SSSR count). The second-order valence-corrected chi connectivity index (χ2v) is 4.13. The first-order chi connectivity index (χ1) is 8.54. The lowest BCUT2D eigenvalue weighted by molar-refractivity contribution is -0.122. The van der Waals surface area contributed by atoms with Crippen LogP contribution in [0.25, 0.3) is 0 Å². The van der Waals surface area contributed by atoms with E-state index in [2.05, 4.69) is 11.2 Å². The molecule has 0 aromatic heterocycles. The molecule has 1 aromatic carbocycles. The Kier molecular flexibility index (Phi) is 5.34. The van der Waals surface area contributed by atoms with Gasteiger partial charge in [0.05, 0.1) is 6.04 Å². The molecule has 4 heteroatoms. The summed E-state index contributed by atoms with van der Waals surface area (Å²) in [4.78, 5) is 11.5. The maximum atomic E-state index is 12.9. The van der Waals surface area contributed by atoms with Crippen molar-refractivity contribution in [1.82, 2.24) is 5.32 Å². The van der Waals surface area contributed by atoms with Gasteiger partial charge in [-0.05, 0) is 36.6 Å². The third-order valence-corrected chi connectivity index (χ3v) is 2.67. The number of hydrogen-bond acceptors (Lipinski definition) is 2. The third-order valence-electron chi connectivity index (χ3n) is 2.67. The summed E-state index contributed by atoms with van der Waals surface area (Å²) in [7, 11) is 0. The molecule has 1 aromatic rings. The quantitative estimate of drug-likeness (QED) is 0.768. The van der Waals surface area contributed by atoms with Crippen molar-refractivity contribution >= 4 is 5.91 Å². The zero-order chi connectivity index (χ0) is 13.5. The predicted molar refractivity (Wildman–Crippen MR) is 69.3 cm³/mol. The summed E-state index contributed by atoms with van der Waals surface area (Å²) in [5.41, 5.74) is 7.43. The summed E-state index contributed by atoms with van der Waals surface area (Å²) in [6, 6.07) is 3.94. The van der Waals surface area contributed by atoms with Crippen LogP contribution in [0.1, 0.15) is 17.5 Å². The molecule has 0 heterocycles. The first-order valence-corrected chi connectivity index (χ1v) is 5.76. The smallest absolute Gasteiger partial charge is 0.237 e. The van der Waals surface area contributed by atoms with Gasteiger partial charge in [0.25, 0.3) is 0 Å². The summed E-state index contributed by atoms with van der Waals surface area (Å²) < 4.78 is 12.9. The highest BCUT2D eigenvalue weighted by atomic mass is 19.1. The second kappa shape index (κ2) is 6.77. The number of hydrogen-bond donors (Lipinski definition) is 2. The number of carbonyl (C=O) groups is 1. The molecule has 0 saturated carbocycles. The van der Waals surface area contributed by atoms with E-state index in [1.165, 1.54) is 12.1 Å². The molecule has 0 radical (unpaired) electrons. The normalized spacial score (nSPS) is 11.7. The monoisotopic (exact) mass is 248 g/mol. The fourth-order valence-electron chi connectivity index (χ4n) is 1.61. The van der Waals surface area contributed by atoms with Crippen molar-refractivity contribution in [3.63, 3.8) is 0 Å². The molecule has 0 aliphatic heterocycles. The van der Waals surface area contributed by atoms with Gasteiger partial charge in [0.2, 0.25) is 5.91 Å². The van der Waals surface area contributed by atoms with E-state index in [1.807, 2.05) is 6.92 Å². The van der Waals surface area contributed by atoms with Crippen LogP contribution in [0.15, 0.2) is 18.2 Å². The number of nitrogens with two attached hydrogens (primary N) is 1. The number of benzene rings is 1. The molecule has 1 atom stereocenters. The summed E-state index contributed by atoms with van der Waals surface area (Å²) >= 11 is 0. The van der Waals surface area contributed by atoms with Crippen LogP contribution in [0.4, 0.5) is 4.39 Å². The average Bonchev–Trinajstić information content (AvgIpc) is 2.32. The minimum absolute atomic E-state index is 0.224. The van der Waals surface area contributed by atoms with Gasteiger partial charge in [-0.15, -0.1) is 12.3 Å². The molecule has 0 spiro atoms. The summed E-state index contributed by atoms with van der Waals surface area (Å²) in [6.07, 6.45) is 5.94. The van der Waals surface area contributed by atoms with Gasteiger partial charge in [0.1, 0.15) is 5.82 Å². The topological polar surface area (TPSA) is 55.1 Å². The highest BCUT2D eigenvalue weighted by Crippen LogP contribution is 2.10. The van der Waals surface area contributed by atoms with Crippen LogP contribution in [0.5, 0.6) is 0 Å². The van der Waals surface area contributed by atoms with Gasteiger partial charge in [-0.2, -0.15) is 0 Å². The Balaban J connectivity index is 2.42. The van der Waals surface area contributed by atoms with E-state index >= 15 is 0 Å². The van der Waals surface area contributed by atoms with Gasteiger partial charge in [-0.25, -0.2) is 4.39 Å². The second-order valence-electron chi connectivity index (χ2n) is 4.13. The Morgan fingerprint density at radius 1 is 1.61 bits per heavy atom. The van der Waals surface area contributed by atoms with Crippen LogP contribution in [-0.2, 0) is 11.2 Å². The molecule has 0 aliphatic rings. The molecular weight excluding hydrogens is 231 g/mol. The summed E-state index contributed by atoms with van der Waals surface area (Å²) in [5, 5.41) is 2.70. The molecular formula is C14H17FN2O. The largest absolute Gasteiger partial charge is 0.354 e. The van der Waals surface area contributed by atoms with E-state index in [0.717, 1.165) is 11.1 Å². The van der Waals surface area contributed by atoms with Crippen molar-refractivity contribution in [2.45, 2.75) is 25.8 Å². The number of rotatable bonds is 5. The van der Waals surface area contributed by atoms with Crippen LogP contribution >= 0.6 is 0 Å². The van der Waals surface area contributed by atoms with Crippen LogP contribution in [0.3, 0.4) is 0 Å². The lowest BCUT2D eigenvalue weighted by Gasteiger charge is -2.10. The minimum atomic E-state index is -0.663. The molecule has 1 unspecified atom stereocenters. The van der Waals surface area contributed by atoms with Crippen LogP contribution < -0.4 is 11.1 Å². The summed E-state index contributed by atoms with van der Waals surface area (Å²) in [6.45, 7) is 2.30. The van der Waals surface area contributed by atoms with Crippen molar-refractivity contribution in [1.29, 1.82) is 0 Å². The van der Waals surface area contributed by atoms with Gasteiger partial charge in [0, 0.05) is 13.0 Å². The predicted octanol–water partition coefficient (Wildman–Crippen LogP) is 1.14. The Hall–Kier alpha value is -1.86. The first kappa shape index (κ1) is 14.2. The summed E-state index contributed by atoms with van der Waals surface area (Å²) in [5.74, 6) is 1.83. The molecule has 1 amide bonds. The van der Waals surface area contributed by atoms with Crippen molar-refractivity contribution in [3.05, 3.63) is 35.1 Å². The van der Waals surface area contributed by atoms with Crippen molar-refractivity contribution in [3.8, 4) is 12.3 Å². The number of terminal acetylenes is 1. The van der Waals surface area contributed by atoms with Crippen molar-refractivity contribution < 1.29 is 9.18 Å². The fraction of sp³-hybridized carbons (Fsp3) is 0.357. The van der Waals surface area contributed by atoms with E-state index in [1.54, 1.807) is 6.07 Å². The Bertz CT molecular complexity index is 465. The SMILES string of the molecule is C#CCC(N)C(=O)NCCc1ccc(F)cc1C. The van der Waals surface area contributed by atoms with Crippen LogP contribution in [0, 0.1) is 25.1 Å². The molecule has 3 nitrogen and oxygen atoms in total. The van der Waals surface area contributed by atoms with E-state index in [4.69, 9.17) is 12.2 Å². The van der Waals surface area contributed by atoms with E-state index in [9.17, 15) is 9.18 Å². The molecule has 0 bridgehead atoms.